The van der Waals surface area contributed by atoms with Gasteiger partial charge in [-0.1, -0.05) is 18.5 Å². The van der Waals surface area contributed by atoms with Gasteiger partial charge in [-0.05, 0) is 62.4 Å². The lowest BCUT2D eigenvalue weighted by Crippen LogP contribution is -2.46. The highest BCUT2D eigenvalue weighted by molar-refractivity contribution is 7.92. The molecule has 0 amide bonds. The molecule has 2 N–H and O–H groups in total. The fourth-order valence-electron chi connectivity index (χ4n) is 4.34. The number of aromatic nitrogens is 4. The van der Waals surface area contributed by atoms with Crippen LogP contribution in [0, 0.1) is 12.7 Å². The third-order valence-corrected chi connectivity index (χ3v) is 8.05. The summed E-state index contributed by atoms with van der Waals surface area (Å²) in [5.41, 5.74) is 1.81. The van der Waals surface area contributed by atoms with Crippen LogP contribution in [0.3, 0.4) is 0 Å². The van der Waals surface area contributed by atoms with E-state index in [4.69, 9.17) is 16.3 Å². The van der Waals surface area contributed by atoms with Crippen LogP contribution in [0.1, 0.15) is 19.0 Å². The molecule has 1 aliphatic heterocycles. The zero-order valence-electron chi connectivity index (χ0n) is 20.6. The third-order valence-electron chi connectivity index (χ3n) is 6.42. The van der Waals surface area contributed by atoms with Crippen LogP contribution in [-0.2, 0) is 10.0 Å². The number of H-pyrrole nitrogens is 1. The molecule has 1 aliphatic rings. The molecule has 38 heavy (non-hydrogen) atoms. The normalized spacial score (nSPS) is 18.6. The summed E-state index contributed by atoms with van der Waals surface area (Å²) in [5, 5.41) is 7.76. The molecule has 3 heterocycles. The van der Waals surface area contributed by atoms with Gasteiger partial charge in [0.1, 0.15) is 28.4 Å². The number of fused-ring (bicyclic) bond motifs is 1. The van der Waals surface area contributed by atoms with E-state index in [1.54, 1.807) is 12.1 Å². The van der Waals surface area contributed by atoms with Gasteiger partial charge in [-0.15, -0.1) is 0 Å². The van der Waals surface area contributed by atoms with E-state index >= 15 is 0 Å². The molecule has 0 saturated carbocycles. The number of aromatic amines is 1. The number of alkyl halides is 1. The number of benzene rings is 2. The van der Waals surface area contributed by atoms with Crippen molar-refractivity contribution in [2.45, 2.75) is 37.4 Å². The Balaban J connectivity index is 1.41. The highest BCUT2D eigenvalue weighted by Gasteiger charge is 2.31. The van der Waals surface area contributed by atoms with Crippen molar-refractivity contribution >= 4 is 38.3 Å². The summed E-state index contributed by atoms with van der Waals surface area (Å²) in [6, 6.07) is 9.50. The first-order valence-corrected chi connectivity index (χ1v) is 13.8. The molecule has 200 valence electrons. The summed E-state index contributed by atoms with van der Waals surface area (Å²) in [5.74, 6) is -0.413. The van der Waals surface area contributed by atoms with Gasteiger partial charge in [-0.25, -0.2) is 22.2 Å². The quantitative estimate of drug-likeness (QED) is 0.335. The van der Waals surface area contributed by atoms with Crippen molar-refractivity contribution in [2.24, 2.45) is 0 Å². The number of nitrogens with zero attached hydrogens (tertiary/aromatic N) is 4. The zero-order valence-corrected chi connectivity index (χ0v) is 22.2. The van der Waals surface area contributed by atoms with Crippen LogP contribution >= 0.6 is 11.6 Å². The number of hydrogen-bond acceptors (Lipinski definition) is 7. The van der Waals surface area contributed by atoms with Gasteiger partial charge in [0.25, 0.3) is 10.0 Å². The van der Waals surface area contributed by atoms with Gasteiger partial charge in [0.05, 0.1) is 0 Å². The average molecular weight is 563 g/mol. The van der Waals surface area contributed by atoms with Gasteiger partial charge in [-0.3, -0.25) is 9.82 Å². The van der Waals surface area contributed by atoms with Crippen molar-refractivity contribution in [2.75, 3.05) is 24.4 Å². The van der Waals surface area contributed by atoms with Gasteiger partial charge in [0, 0.05) is 35.1 Å². The Morgan fingerprint density at radius 3 is 2.68 bits per heavy atom. The summed E-state index contributed by atoms with van der Waals surface area (Å²) in [6.07, 6.45) is -1.29. The molecule has 4 aromatic rings. The lowest BCUT2D eigenvalue weighted by molar-refractivity contribution is 0.0224. The molecule has 1 saturated heterocycles. The second kappa shape index (κ2) is 10.4. The lowest BCUT2D eigenvalue weighted by Gasteiger charge is -2.33. The number of ether oxygens (including phenoxy) is 1. The minimum atomic E-state index is -4.22. The molecule has 2 atom stereocenters. The summed E-state index contributed by atoms with van der Waals surface area (Å²) in [7, 11) is -4.22. The van der Waals surface area contributed by atoms with E-state index in [2.05, 4.69) is 24.9 Å². The van der Waals surface area contributed by atoms with Crippen LogP contribution in [0.25, 0.3) is 22.4 Å². The van der Waals surface area contributed by atoms with Crippen molar-refractivity contribution in [1.29, 1.82) is 0 Å². The van der Waals surface area contributed by atoms with E-state index in [9.17, 15) is 17.2 Å². The van der Waals surface area contributed by atoms with Gasteiger partial charge in [0.2, 0.25) is 5.88 Å². The number of rotatable bonds is 7. The standard InChI is InChI=1S/C25H25ClF2N6O3S/c1-3-34-11-10-20(19(28)13-34)37-25-22-14(2)31-32-24(22)29-23(30-25)15-4-7-17(8-5-15)33-38(35,36)21-12-16(26)6-9-18(21)27/h4-9,12,19-20,33H,3,10-11,13H2,1-2H3,(H,29,30,31,32)/t19-,20-/m1/s1. The Bertz CT molecular complexity index is 1580. The van der Waals surface area contributed by atoms with Crippen molar-refractivity contribution in [3.05, 3.63) is 59.0 Å². The van der Waals surface area contributed by atoms with Gasteiger partial charge < -0.3 is 9.64 Å². The number of nitrogens with one attached hydrogen (secondary N) is 2. The van der Waals surface area contributed by atoms with E-state index in [1.165, 1.54) is 18.2 Å². The van der Waals surface area contributed by atoms with E-state index in [0.29, 0.717) is 35.3 Å². The molecular formula is C25H25ClF2N6O3S. The van der Waals surface area contributed by atoms with Crippen LogP contribution in [0.4, 0.5) is 14.5 Å². The maximum absolute atomic E-state index is 14.8. The molecule has 0 radical (unpaired) electrons. The smallest absolute Gasteiger partial charge is 0.264 e. The van der Waals surface area contributed by atoms with Gasteiger partial charge >= 0.3 is 0 Å². The summed E-state index contributed by atoms with van der Waals surface area (Å²) in [4.78, 5) is 10.5. The first-order valence-electron chi connectivity index (χ1n) is 12.0. The van der Waals surface area contributed by atoms with Crippen LogP contribution in [0.2, 0.25) is 5.02 Å². The molecule has 2 aromatic heterocycles. The number of sulfonamides is 1. The second-order valence-electron chi connectivity index (χ2n) is 9.01. The average Bonchev–Trinajstić information content (AvgIpc) is 3.27. The topological polar surface area (TPSA) is 113 Å². The molecule has 0 spiro atoms. The predicted molar refractivity (Wildman–Crippen MR) is 140 cm³/mol. The Labute approximate surface area is 223 Å². The molecule has 9 nitrogen and oxygen atoms in total. The molecular weight excluding hydrogens is 538 g/mol. The van der Waals surface area contributed by atoms with E-state index in [1.807, 2.05) is 18.7 Å². The summed E-state index contributed by atoms with van der Waals surface area (Å²) >= 11 is 5.84. The highest BCUT2D eigenvalue weighted by atomic mass is 35.5. The Morgan fingerprint density at radius 1 is 1.21 bits per heavy atom. The largest absolute Gasteiger partial charge is 0.471 e. The maximum atomic E-state index is 14.8. The number of halogens is 3. The molecule has 0 bridgehead atoms. The van der Waals surface area contributed by atoms with Crippen LogP contribution in [-0.4, -0.2) is 65.4 Å². The Kier molecular flexibility index (Phi) is 7.21. The fraction of sp³-hybridized carbons (Fsp3) is 0.320. The van der Waals surface area contributed by atoms with E-state index in [-0.39, 0.29) is 22.4 Å². The highest BCUT2D eigenvalue weighted by Crippen LogP contribution is 2.31. The molecule has 0 aliphatic carbocycles. The molecule has 1 fully saturated rings. The van der Waals surface area contributed by atoms with Crippen molar-refractivity contribution in [1.82, 2.24) is 25.1 Å². The van der Waals surface area contributed by atoms with Crippen molar-refractivity contribution in [3.8, 4) is 17.3 Å². The van der Waals surface area contributed by atoms with Gasteiger partial charge in [-0.2, -0.15) is 10.1 Å². The number of anilines is 1. The van der Waals surface area contributed by atoms with Gasteiger partial charge in [0.15, 0.2) is 11.5 Å². The summed E-state index contributed by atoms with van der Waals surface area (Å²) in [6.45, 7) is 5.60. The molecule has 5 rings (SSSR count). The predicted octanol–water partition coefficient (Wildman–Crippen LogP) is 4.73. The van der Waals surface area contributed by atoms with Crippen molar-refractivity contribution < 1.29 is 21.9 Å². The SMILES string of the molecule is CCN1CC[C@@H](Oc2nc(-c3ccc(NS(=O)(=O)c4cc(Cl)ccc4F)cc3)nc3n[nH]c(C)c23)[C@H](F)C1. The number of aryl methyl sites for hydroxylation is 1. The second-order valence-corrected chi connectivity index (χ2v) is 11.1. The van der Waals surface area contributed by atoms with E-state index in [0.717, 1.165) is 25.2 Å². The minimum absolute atomic E-state index is 0.0938. The Morgan fingerprint density at radius 2 is 1.97 bits per heavy atom. The van der Waals surface area contributed by atoms with E-state index < -0.39 is 33.0 Å². The monoisotopic (exact) mass is 562 g/mol. The first-order chi connectivity index (χ1) is 18.1. The Hall–Kier alpha value is -3.35. The fourth-order valence-corrected chi connectivity index (χ4v) is 5.74. The molecule has 13 heteroatoms. The van der Waals surface area contributed by atoms with Crippen LogP contribution in [0.15, 0.2) is 47.4 Å². The number of likely N-dealkylation sites (tertiary alicyclic amines) is 1. The van der Waals surface area contributed by atoms with Crippen LogP contribution < -0.4 is 9.46 Å². The maximum Gasteiger partial charge on any atom is 0.264 e. The number of hydrogen-bond donors (Lipinski definition) is 2. The van der Waals surface area contributed by atoms with Crippen LogP contribution in [0.5, 0.6) is 5.88 Å². The molecule has 2 aromatic carbocycles. The minimum Gasteiger partial charge on any atom is -0.471 e. The summed E-state index contributed by atoms with van der Waals surface area (Å²) < 4.78 is 62.7. The first kappa shape index (κ1) is 26.3. The zero-order chi connectivity index (χ0) is 27.0. The molecule has 0 unspecified atom stereocenters. The lowest BCUT2D eigenvalue weighted by atomic mass is 10.1. The number of piperidine rings is 1. The third kappa shape index (κ3) is 5.29. The van der Waals surface area contributed by atoms with Crippen molar-refractivity contribution in [3.63, 3.8) is 0 Å².